The van der Waals surface area contributed by atoms with E-state index >= 15 is 0 Å². The topological polar surface area (TPSA) is 23.5 Å². The molecule has 2 nitrogen and oxygen atoms in total. The Morgan fingerprint density at radius 2 is 2.00 bits per heavy atom. The van der Waals surface area contributed by atoms with Gasteiger partial charge in [0.2, 0.25) is 0 Å². The van der Waals surface area contributed by atoms with Crippen LogP contribution in [-0.4, -0.2) is 35.7 Å². The minimum atomic E-state index is 0.314. The minimum absolute atomic E-state index is 0.314. The average molecular weight is 171 g/mol. The van der Waals surface area contributed by atoms with Crippen molar-refractivity contribution in [3.8, 4) is 0 Å². The van der Waals surface area contributed by atoms with Crippen LogP contribution in [0, 0.1) is 11.8 Å². The predicted octanol–water partition coefficient (Wildman–Crippen LogP) is 1.35. The smallest absolute Gasteiger partial charge is 0.0471 e. The Balaban J connectivity index is 2.23. The van der Waals surface area contributed by atoms with Crippen molar-refractivity contribution in [3.63, 3.8) is 0 Å². The lowest BCUT2D eigenvalue weighted by Gasteiger charge is -2.44. The normalized spacial score (nSPS) is 25.0. The van der Waals surface area contributed by atoms with Crippen LogP contribution in [0.5, 0.6) is 0 Å². The molecule has 2 atom stereocenters. The van der Waals surface area contributed by atoms with Gasteiger partial charge in [-0.3, -0.25) is 4.90 Å². The Bertz CT molecular complexity index is 132. The SMILES string of the molecule is CCC1CN(C(C)C(C)CO)C1. The fraction of sp³-hybridized carbons (Fsp3) is 1.00. The summed E-state index contributed by atoms with van der Waals surface area (Å²) in [6.45, 7) is 9.37. The summed E-state index contributed by atoms with van der Waals surface area (Å²) in [5, 5.41) is 8.97. The lowest BCUT2D eigenvalue weighted by molar-refractivity contribution is 0.0215. The van der Waals surface area contributed by atoms with Crippen LogP contribution in [0.3, 0.4) is 0 Å². The van der Waals surface area contributed by atoms with Gasteiger partial charge in [-0.1, -0.05) is 20.3 Å². The molecule has 0 spiro atoms. The van der Waals surface area contributed by atoms with Gasteiger partial charge < -0.3 is 5.11 Å². The third-order valence-corrected chi connectivity index (χ3v) is 3.25. The van der Waals surface area contributed by atoms with Crippen molar-refractivity contribution in [2.45, 2.75) is 33.2 Å². The van der Waals surface area contributed by atoms with Crippen molar-refractivity contribution in [1.82, 2.24) is 4.90 Å². The molecule has 0 aliphatic carbocycles. The molecule has 0 bridgehead atoms. The van der Waals surface area contributed by atoms with Gasteiger partial charge in [0.1, 0.15) is 0 Å². The first-order chi connectivity index (χ1) is 5.69. The molecule has 1 rings (SSSR count). The number of rotatable bonds is 4. The van der Waals surface area contributed by atoms with E-state index in [4.69, 9.17) is 5.11 Å². The van der Waals surface area contributed by atoms with E-state index in [0.717, 1.165) is 5.92 Å². The molecular weight excluding hydrogens is 150 g/mol. The molecule has 0 aromatic rings. The predicted molar refractivity (Wildman–Crippen MR) is 51.1 cm³/mol. The van der Waals surface area contributed by atoms with Gasteiger partial charge in [0.25, 0.3) is 0 Å². The van der Waals surface area contributed by atoms with E-state index in [2.05, 4.69) is 25.7 Å². The fourth-order valence-electron chi connectivity index (χ4n) is 1.71. The summed E-state index contributed by atoms with van der Waals surface area (Å²) in [6.07, 6.45) is 1.30. The Labute approximate surface area is 75.6 Å². The largest absolute Gasteiger partial charge is 0.396 e. The third-order valence-electron chi connectivity index (χ3n) is 3.25. The standard InChI is InChI=1S/C10H21NO/c1-4-10-5-11(6-10)9(3)8(2)7-12/h8-10,12H,4-7H2,1-3H3. The number of likely N-dealkylation sites (tertiary alicyclic amines) is 1. The second-order valence-corrected chi connectivity index (χ2v) is 4.13. The van der Waals surface area contributed by atoms with Crippen molar-refractivity contribution < 1.29 is 5.11 Å². The number of hydrogen-bond acceptors (Lipinski definition) is 2. The maximum Gasteiger partial charge on any atom is 0.0471 e. The number of aliphatic hydroxyl groups excluding tert-OH is 1. The maximum atomic E-state index is 8.97. The number of nitrogens with zero attached hydrogens (tertiary/aromatic N) is 1. The molecule has 1 fully saturated rings. The summed E-state index contributed by atoms with van der Waals surface area (Å²) in [7, 11) is 0. The van der Waals surface area contributed by atoms with E-state index in [1.807, 2.05) is 0 Å². The highest BCUT2D eigenvalue weighted by atomic mass is 16.3. The van der Waals surface area contributed by atoms with Gasteiger partial charge in [-0.2, -0.15) is 0 Å². The number of aliphatic hydroxyl groups is 1. The molecule has 1 aliphatic heterocycles. The lowest BCUT2D eigenvalue weighted by Crippen LogP contribution is -2.53. The first-order valence-corrected chi connectivity index (χ1v) is 5.04. The first-order valence-electron chi connectivity index (χ1n) is 5.04. The minimum Gasteiger partial charge on any atom is -0.396 e. The van der Waals surface area contributed by atoms with Crippen molar-refractivity contribution in [1.29, 1.82) is 0 Å². The van der Waals surface area contributed by atoms with Crippen molar-refractivity contribution in [3.05, 3.63) is 0 Å². The molecule has 0 saturated carbocycles. The highest BCUT2D eigenvalue weighted by molar-refractivity contribution is 4.84. The summed E-state index contributed by atoms with van der Waals surface area (Å²) < 4.78 is 0. The average Bonchev–Trinajstić information content (AvgIpc) is 2.01. The molecule has 0 aromatic carbocycles. The van der Waals surface area contributed by atoms with Crippen LogP contribution < -0.4 is 0 Å². The highest BCUT2D eigenvalue weighted by Crippen LogP contribution is 2.24. The quantitative estimate of drug-likeness (QED) is 0.690. The zero-order chi connectivity index (χ0) is 9.14. The Kier molecular flexibility index (Phi) is 3.53. The van der Waals surface area contributed by atoms with E-state index in [-0.39, 0.29) is 0 Å². The Morgan fingerprint density at radius 1 is 1.42 bits per heavy atom. The molecule has 1 saturated heterocycles. The maximum absolute atomic E-state index is 8.97. The second kappa shape index (κ2) is 4.24. The van der Waals surface area contributed by atoms with Crippen LogP contribution in [0.2, 0.25) is 0 Å². The van der Waals surface area contributed by atoms with E-state index in [9.17, 15) is 0 Å². The Morgan fingerprint density at radius 3 is 2.42 bits per heavy atom. The van der Waals surface area contributed by atoms with Crippen LogP contribution in [0.15, 0.2) is 0 Å². The fourth-order valence-corrected chi connectivity index (χ4v) is 1.71. The van der Waals surface area contributed by atoms with Crippen molar-refractivity contribution in [2.24, 2.45) is 11.8 Å². The Hall–Kier alpha value is -0.0800. The molecule has 0 radical (unpaired) electrons. The van der Waals surface area contributed by atoms with Crippen LogP contribution >= 0.6 is 0 Å². The van der Waals surface area contributed by atoms with Crippen LogP contribution in [-0.2, 0) is 0 Å². The molecule has 1 aliphatic rings. The van der Waals surface area contributed by atoms with Gasteiger partial charge in [0.15, 0.2) is 0 Å². The summed E-state index contributed by atoms with van der Waals surface area (Å²) in [4.78, 5) is 2.47. The van der Waals surface area contributed by atoms with E-state index in [1.165, 1.54) is 19.5 Å². The lowest BCUT2D eigenvalue weighted by atomic mass is 9.92. The first kappa shape index (κ1) is 10.0. The summed E-state index contributed by atoms with van der Waals surface area (Å²) in [5.41, 5.74) is 0. The molecule has 0 amide bonds. The van der Waals surface area contributed by atoms with Gasteiger partial charge >= 0.3 is 0 Å². The van der Waals surface area contributed by atoms with E-state index in [0.29, 0.717) is 18.6 Å². The monoisotopic (exact) mass is 171 g/mol. The molecular formula is C10H21NO. The third kappa shape index (κ3) is 1.99. The van der Waals surface area contributed by atoms with Gasteiger partial charge in [-0.15, -0.1) is 0 Å². The second-order valence-electron chi connectivity index (χ2n) is 4.13. The summed E-state index contributed by atoms with van der Waals surface area (Å²) in [5.74, 6) is 1.33. The molecule has 1 N–H and O–H groups in total. The van der Waals surface area contributed by atoms with Gasteiger partial charge in [0.05, 0.1) is 0 Å². The van der Waals surface area contributed by atoms with Gasteiger partial charge in [-0.05, 0) is 18.8 Å². The zero-order valence-corrected chi connectivity index (χ0v) is 8.45. The van der Waals surface area contributed by atoms with Crippen molar-refractivity contribution in [2.75, 3.05) is 19.7 Å². The van der Waals surface area contributed by atoms with E-state index in [1.54, 1.807) is 0 Å². The van der Waals surface area contributed by atoms with Gasteiger partial charge in [0, 0.05) is 25.7 Å². The molecule has 2 unspecified atom stereocenters. The molecule has 72 valence electrons. The molecule has 1 heterocycles. The van der Waals surface area contributed by atoms with Crippen LogP contribution in [0.1, 0.15) is 27.2 Å². The van der Waals surface area contributed by atoms with Crippen LogP contribution in [0.25, 0.3) is 0 Å². The van der Waals surface area contributed by atoms with E-state index < -0.39 is 0 Å². The highest BCUT2D eigenvalue weighted by Gasteiger charge is 2.30. The summed E-state index contributed by atoms with van der Waals surface area (Å²) in [6, 6.07) is 0.554. The molecule has 2 heteroatoms. The van der Waals surface area contributed by atoms with Crippen LogP contribution in [0.4, 0.5) is 0 Å². The molecule has 0 aromatic heterocycles. The number of hydrogen-bond donors (Lipinski definition) is 1. The van der Waals surface area contributed by atoms with Crippen molar-refractivity contribution >= 4 is 0 Å². The van der Waals surface area contributed by atoms with Gasteiger partial charge in [-0.25, -0.2) is 0 Å². The molecule has 12 heavy (non-hydrogen) atoms. The summed E-state index contributed by atoms with van der Waals surface area (Å²) >= 11 is 0. The zero-order valence-electron chi connectivity index (χ0n) is 8.45.